The molecule has 1 atom stereocenters. The maximum Gasteiger partial charge on any atom is 0.272 e. The summed E-state index contributed by atoms with van der Waals surface area (Å²) in [7, 11) is 0. The third-order valence-electron chi connectivity index (χ3n) is 4.18. The van der Waals surface area contributed by atoms with Gasteiger partial charge in [0, 0.05) is 17.9 Å². The van der Waals surface area contributed by atoms with E-state index in [1.807, 2.05) is 30.3 Å². The summed E-state index contributed by atoms with van der Waals surface area (Å²) in [5.74, 6) is -0.133. The van der Waals surface area contributed by atoms with Gasteiger partial charge in [-0.15, -0.1) is 0 Å². The van der Waals surface area contributed by atoms with Crippen LogP contribution in [0.25, 0.3) is 0 Å². The van der Waals surface area contributed by atoms with E-state index in [9.17, 15) is 4.79 Å². The van der Waals surface area contributed by atoms with E-state index >= 15 is 0 Å². The van der Waals surface area contributed by atoms with Crippen molar-refractivity contribution in [2.24, 2.45) is 0 Å². The minimum absolute atomic E-state index is 0.102. The molecule has 0 aliphatic heterocycles. The lowest BCUT2D eigenvalue weighted by Gasteiger charge is -2.18. The first-order valence-corrected chi connectivity index (χ1v) is 7.82. The van der Waals surface area contributed by atoms with E-state index in [0.717, 1.165) is 36.1 Å². The van der Waals surface area contributed by atoms with Gasteiger partial charge in [-0.2, -0.15) is 5.10 Å². The molecule has 5 heteroatoms. The minimum Gasteiger partial charge on any atom is -0.396 e. The highest BCUT2D eigenvalue weighted by molar-refractivity contribution is 5.94. The molecule has 1 aromatic carbocycles. The van der Waals surface area contributed by atoms with Crippen LogP contribution in [-0.2, 0) is 12.8 Å². The van der Waals surface area contributed by atoms with Crippen LogP contribution in [0.4, 0.5) is 0 Å². The normalized spacial score (nSPS) is 14.6. The fourth-order valence-electron chi connectivity index (χ4n) is 3.04. The Morgan fingerprint density at radius 1 is 1.32 bits per heavy atom. The van der Waals surface area contributed by atoms with Crippen molar-refractivity contribution in [2.45, 2.75) is 38.1 Å². The highest BCUT2D eigenvalue weighted by Gasteiger charge is 2.24. The molecule has 0 fully saturated rings. The van der Waals surface area contributed by atoms with Gasteiger partial charge in [-0.05, 0) is 37.7 Å². The quantitative estimate of drug-likeness (QED) is 0.764. The first-order chi connectivity index (χ1) is 10.8. The Hall–Kier alpha value is -2.14. The molecule has 3 rings (SSSR count). The summed E-state index contributed by atoms with van der Waals surface area (Å²) in [6.45, 7) is 0.122. The molecule has 22 heavy (non-hydrogen) atoms. The molecule has 1 amide bonds. The lowest BCUT2D eigenvalue weighted by molar-refractivity contribution is 0.0926. The Morgan fingerprint density at radius 3 is 2.91 bits per heavy atom. The van der Waals surface area contributed by atoms with Gasteiger partial charge in [-0.3, -0.25) is 9.89 Å². The number of hydrogen-bond donors (Lipinski definition) is 3. The van der Waals surface area contributed by atoms with Crippen LogP contribution in [0.5, 0.6) is 0 Å². The monoisotopic (exact) mass is 299 g/mol. The summed E-state index contributed by atoms with van der Waals surface area (Å²) in [4.78, 5) is 12.6. The molecule has 0 bridgehead atoms. The van der Waals surface area contributed by atoms with Gasteiger partial charge in [0.1, 0.15) is 0 Å². The van der Waals surface area contributed by atoms with Crippen LogP contribution in [0, 0.1) is 0 Å². The molecule has 1 aliphatic carbocycles. The summed E-state index contributed by atoms with van der Waals surface area (Å²) in [5.41, 5.74) is 3.73. The number of aliphatic hydroxyl groups excluding tert-OH is 1. The second kappa shape index (κ2) is 6.75. The average molecular weight is 299 g/mol. The average Bonchev–Trinajstić information content (AvgIpc) is 3.15. The number of carbonyl (C=O) groups is 1. The van der Waals surface area contributed by atoms with Crippen molar-refractivity contribution in [2.75, 3.05) is 6.61 Å². The highest BCUT2D eigenvalue weighted by atomic mass is 16.3. The maximum absolute atomic E-state index is 12.6. The topological polar surface area (TPSA) is 78.0 Å². The standard InChI is InChI=1S/C17H21N3O2/c21-11-5-10-14(12-6-2-1-3-7-12)18-17(22)16-13-8-4-9-15(13)19-20-16/h1-3,6-7,14,21H,4-5,8-11H2,(H,18,22)(H,19,20). The predicted octanol–water partition coefficient (Wildman–Crippen LogP) is 2.14. The van der Waals surface area contributed by atoms with Crippen LogP contribution in [0.3, 0.4) is 0 Å². The number of aliphatic hydroxyl groups is 1. The van der Waals surface area contributed by atoms with Gasteiger partial charge in [0.2, 0.25) is 0 Å². The lowest BCUT2D eigenvalue weighted by Crippen LogP contribution is -2.29. The molecule has 3 N–H and O–H groups in total. The van der Waals surface area contributed by atoms with Gasteiger partial charge in [0.15, 0.2) is 5.69 Å². The molecule has 116 valence electrons. The lowest BCUT2D eigenvalue weighted by atomic mass is 10.0. The minimum atomic E-state index is -0.133. The largest absolute Gasteiger partial charge is 0.396 e. The summed E-state index contributed by atoms with van der Waals surface area (Å²) in [6, 6.07) is 9.76. The molecule has 2 aromatic rings. The van der Waals surface area contributed by atoms with E-state index < -0.39 is 0 Å². The van der Waals surface area contributed by atoms with E-state index in [1.165, 1.54) is 0 Å². The molecule has 1 aliphatic rings. The van der Waals surface area contributed by atoms with Crippen molar-refractivity contribution in [1.29, 1.82) is 0 Å². The predicted molar refractivity (Wildman–Crippen MR) is 83.6 cm³/mol. The van der Waals surface area contributed by atoms with Crippen molar-refractivity contribution in [3.05, 3.63) is 52.8 Å². The number of carbonyl (C=O) groups excluding carboxylic acids is 1. The molecule has 0 radical (unpaired) electrons. The van der Waals surface area contributed by atoms with Crippen LogP contribution >= 0.6 is 0 Å². The first kappa shape index (κ1) is 14.8. The van der Waals surface area contributed by atoms with Gasteiger partial charge in [0.25, 0.3) is 5.91 Å². The number of nitrogens with one attached hydrogen (secondary N) is 2. The van der Waals surface area contributed by atoms with Crippen molar-refractivity contribution < 1.29 is 9.90 Å². The summed E-state index contributed by atoms with van der Waals surface area (Å²) < 4.78 is 0. The third kappa shape index (κ3) is 3.04. The second-order valence-corrected chi connectivity index (χ2v) is 5.69. The zero-order valence-corrected chi connectivity index (χ0v) is 12.5. The summed E-state index contributed by atoms with van der Waals surface area (Å²) in [5, 5.41) is 19.3. The number of aromatic nitrogens is 2. The van der Waals surface area contributed by atoms with E-state index in [0.29, 0.717) is 18.5 Å². The Bertz CT molecular complexity index is 637. The Morgan fingerprint density at radius 2 is 2.14 bits per heavy atom. The number of nitrogens with zero attached hydrogens (tertiary/aromatic N) is 1. The van der Waals surface area contributed by atoms with E-state index in [2.05, 4.69) is 15.5 Å². The number of hydrogen-bond acceptors (Lipinski definition) is 3. The Labute approximate surface area is 129 Å². The molecule has 1 aromatic heterocycles. The second-order valence-electron chi connectivity index (χ2n) is 5.69. The molecule has 0 spiro atoms. The Balaban J connectivity index is 1.76. The van der Waals surface area contributed by atoms with Crippen molar-refractivity contribution in [1.82, 2.24) is 15.5 Å². The van der Waals surface area contributed by atoms with Gasteiger partial charge in [-0.1, -0.05) is 30.3 Å². The molecular formula is C17H21N3O2. The van der Waals surface area contributed by atoms with E-state index in [-0.39, 0.29) is 18.6 Å². The summed E-state index contributed by atoms with van der Waals surface area (Å²) in [6.07, 6.45) is 4.33. The van der Waals surface area contributed by atoms with Gasteiger partial charge >= 0.3 is 0 Å². The fourth-order valence-corrected chi connectivity index (χ4v) is 3.04. The van der Waals surface area contributed by atoms with Gasteiger partial charge in [-0.25, -0.2) is 0 Å². The molecule has 1 unspecified atom stereocenters. The zero-order chi connectivity index (χ0) is 15.4. The van der Waals surface area contributed by atoms with Gasteiger partial charge < -0.3 is 10.4 Å². The Kier molecular flexibility index (Phi) is 4.53. The van der Waals surface area contributed by atoms with E-state index in [1.54, 1.807) is 0 Å². The number of aromatic amines is 1. The SMILES string of the molecule is O=C(NC(CCCO)c1ccccc1)c1n[nH]c2c1CCC2. The molecule has 0 saturated carbocycles. The van der Waals surface area contributed by atoms with Crippen LogP contribution in [0.2, 0.25) is 0 Å². The zero-order valence-electron chi connectivity index (χ0n) is 12.5. The van der Waals surface area contributed by atoms with Crippen LogP contribution in [0.1, 0.15) is 52.6 Å². The van der Waals surface area contributed by atoms with Crippen LogP contribution in [-0.4, -0.2) is 27.8 Å². The van der Waals surface area contributed by atoms with Crippen LogP contribution < -0.4 is 5.32 Å². The number of amides is 1. The third-order valence-corrected chi connectivity index (χ3v) is 4.18. The maximum atomic E-state index is 12.6. The molecule has 0 saturated heterocycles. The smallest absolute Gasteiger partial charge is 0.272 e. The molecule has 5 nitrogen and oxygen atoms in total. The number of benzene rings is 1. The summed E-state index contributed by atoms with van der Waals surface area (Å²) >= 11 is 0. The first-order valence-electron chi connectivity index (χ1n) is 7.82. The number of rotatable bonds is 6. The number of fused-ring (bicyclic) bond motifs is 1. The van der Waals surface area contributed by atoms with Crippen molar-refractivity contribution in [3.8, 4) is 0 Å². The molecular weight excluding hydrogens is 278 g/mol. The highest BCUT2D eigenvalue weighted by Crippen LogP contribution is 2.24. The van der Waals surface area contributed by atoms with Crippen molar-refractivity contribution >= 4 is 5.91 Å². The van der Waals surface area contributed by atoms with E-state index in [4.69, 9.17) is 5.11 Å². The van der Waals surface area contributed by atoms with Crippen LogP contribution in [0.15, 0.2) is 30.3 Å². The number of aryl methyl sites for hydroxylation is 1. The fraction of sp³-hybridized carbons (Fsp3) is 0.412. The molecule has 1 heterocycles. The van der Waals surface area contributed by atoms with Crippen molar-refractivity contribution in [3.63, 3.8) is 0 Å². The van der Waals surface area contributed by atoms with Gasteiger partial charge in [0.05, 0.1) is 6.04 Å². The number of H-pyrrole nitrogens is 1.